The Kier molecular flexibility index (Phi) is 9.11. The lowest BCUT2D eigenvalue weighted by Gasteiger charge is -2.06. The quantitative estimate of drug-likeness (QED) is 0.415. The summed E-state index contributed by atoms with van der Waals surface area (Å²) in [6.45, 7) is 6.56. The number of hydrogen-bond donors (Lipinski definition) is 0. The maximum Gasteiger partial charge on any atom is -0.0228 e. The predicted octanol–water partition coefficient (Wildman–Crippen LogP) is 6.71. The molecule has 0 fully saturated rings. The molecule has 0 saturated carbocycles. The largest absolute Gasteiger partial charge is 0.0871 e. The van der Waals surface area contributed by atoms with E-state index in [2.05, 4.69) is 51.1 Å². The van der Waals surface area contributed by atoms with E-state index in [9.17, 15) is 0 Å². The highest BCUT2D eigenvalue weighted by atomic mass is 14.0. The van der Waals surface area contributed by atoms with Crippen molar-refractivity contribution in [1.82, 2.24) is 0 Å². The number of benzene rings is 1. The van der Waals surface area contributed by atoms with Crippen LogP contribution in [0.5, 0.6) is 0 Å². The van der Waals surface area contributed by atoms with Crippen molar-refractivity contribution in [2.75, 3.05) is 0 Å². The fourth-order valence-corrected chi connectivity index (χ4v) is 2.67. The second-order valence-corrected chi connectivity index (χ2v) is 5.92. The van der Waals surface area contributed by atoms with Crippen LogP contribution >= 0.6 is 0 Å². The molecule has 0 aliphatic carbocycles. The van der Waals surface area contributed by atoms with Gasteiger partial charge in [-0.15, -0.1) is 0 Å². The van der Waals surface area contributed by atoms with Gasteiger partial charge in [0, 0.05) is 0 Å². The standard InChI is InChI=1S/C20H32/c1-4-6-7-8-9-10-11-12-14-19-16-15-18(3)20(17-19)13-5-2/h5,13,15-17H,4,6-12,14H2,1-3H3/b13-5+. The summed E-state index contributed by atoms with van der Waals surface area (Å²) in [6, 6.07) is 6.91. The van der Waals surface area contributed by atoms with E-state index in [4.69, 9.17) is 0 Å². The average molecular weight is 272 g/mol. The van der Waals surface area contributed by atoms with Crippen LogP contribution in [-0.2, 0) is 6.42 Å². The van der Waals surface area contributed by atoms with Crippen LogP contribution in [0, 0.1) is 6.92 Å². The molecule has 1 aromatic carbocycles. The molecular weight excluding hydrogens is 240 g/mol. The van der Waals surface area contributed by atoms with Crippen molar-refractivity contribution in [2.24, 2.45) is 0 Å². The number of unbranched alkanes of at least 4 members (excludes halogenated alkanes) is 7. The molecule has 0 nitrogen and oxygen atoms in total. The second kappa shape index (κ2) is 10.7. The third kappa shape index (κ3) is 6.93. The van der Waals surface area contributed by atoms with Gasteiger partial charge in [-0.2, -0.15) is 0 Å². The van der Waals surface area contributed by atoms with E-state index in [1.165, 1.54) is 74.5 Å². The van der Waals surface area contributed by atoms with Crippen LogP contribution in [0.25, 0.3) is 6.08 Å². The van der Waals surface area contributed by atoms with Gasteiger partial charge >= 0.3 is 0 Å². The molecule has 1 aromatic rings. The first-order valence-electron chi connectivity index (χ1n) is 8.50. The smallest absolute Gasteiger partial charge is 0.0228 e. The maximum absolute atomic E-state index is 2.36. The zero-order valence-corrected chi connectivity index (χ0v) is 13.8. The summed E-state index contributed by atoms with van der Waals surface area (Å²) in [7, 11) is 0. The van der Waals surface area contributed by atoms with E-state index in [0.29, 0.717) is 0 Å². The van der Waals surface area contributed by atoms with Gasteiger partial charge in [-0.3, -0.25) is 0 Å². The van der Waals surface area contributed by atoms with Crippen molar-refractivity contribution in [2.45, 2.75) is 78.6 Å². The number of aryl methyl sites for hydroxylation is 2. The van der Waals surface area contributed by atoms with E-state index in [1.807, 2.05) is 0 Å². The number of hydrogen-bond acceptors (Lipinski definition) is 0. The van der Waals surface area contributed by atoms with Crippen LogP contribution in [0.1, 0.15) is 81.9 Å². The minimum absolute atomic E-state index is 1.24. The van der Waals surface area contributed by atoms with Crippen molar-refractivity contribution in [3.8, 4) is 0 Å². The van der Waals surface area contributed by atoms with Crippen molar-refractivity contribution < 1.29 is 0 Å². The van der Waals surface area contributed by atoms with Gasteiger partial charge in [-0.25, -0.2) is 0 Å². The lowest BCUT2D eigenvalue weighted by Crippen LogP contribution is -1.89. The van der Waals surface area contributed by atoms with E-state index in [1.54, 1.807) is 0 Å². The Morgan fingerprint density at radius 3 is 2.20 bits per heavy atom. The molecule has 0 heterocycles. The lowest BCUT2D eigenvalue weighted by molar-refractivity contribution is 0.575. The highest BCUT2D eigenvalue weighted by molar-refractivity contribution is 5.54. The van der Waals surface area contributed by atoms with Gasteiger partial charge in [0.15, 0.2) is 0 Å². The summed E-state index contributed by atoms with van der Waals surface area (Å²) in [4.78, 5) is 0. The topological polar surface area (TPSA) is 0 Å². The van der Waals surface area contributed by atoms with Crippen LogP contribution < -0.4 is 0 Å². The zero-order chi connectivity index (χ0) is 14.6. The van der Waals surface area contributed by atoms with Crippen LogP contribution in [0.4, 0.5) is 0 Å². The van der Waals surface area contributed by atoms with E-state index in [-0.39, 0.29) is 0 Å². The van der Waals surface area contributed by atoms with Crippen LogP contribution in [0.2, 0.25) is 0 Å². The molecule has 0 unspecified atom stereocenters. The summed E-state index contributed by atoms with van der Waals surface area (Å²) in [6.07, 6.45) is 16.8. The number of allylic oxidation sites excluding steroid dienone is 1. The Bertz CT molecular complexity index is 387. The minimum atomic E-state index is 1.24. The van der Waals surface area contributed by atoms with Crippen LogP contribution in [0.15, 0.2) is 24.3 Å². The monoisotopic (exact) mass is 272 g/mol. The molecule has 0 atom stereocenters. The molecule has 0 aromatic heterocycles. The maximum atomic E-state index is 2.36. The summed E-state index contributed by atoms with van der Waals surface area (Å²) in [5.74, 6) is 0. The fraction of sp³-hybridized carbons (Fsp3) is 0.600. The van der Waals surface area contributed by atoms with Gasteiger partial charge < -0.3 is 0 Å². The minimum Gasteiger partial charge on any atom is -0.0871 e. The van der Waals surface area contributed by atoms with Gasteiger partial charge in [0.1, 0.15) is 0 Å². The molecule has 0 heteroatoms. The third-order valence-corrected chi connectivity index (χ3v) is 4.01. The van der Waals surface area contributed by atoms with Crippen molar-refractivity contribution in [3.63, 3.8) is 0 Å². The Morgan fingerprint density at radius 2 is 1.55 bits per heavy atom. The highest BCUT2D eigenvalue weighted by Crippen LogP contribution is 2.16. The molecule has 1 rings (SSSR count). The Balaban J connectivity index is 2.20. The van der Waals surface area contributed by atoms with E-state index < -0.39 is 0 Å². The Morgan fingerprint density at radius 1 is 0.900 bits per heavy atom. The summed E-state index contributed by atoms with van der Waals surface area (Å²) < 4.78 is 0. The molecular formula is C20H32. The molecule has 0 spiro atoms. The lowest BCUT2D eigenvalue weighted by atomic mass is 10.00. The molecule has 0 aliphatic rings. The third-order valence-electron chi connectivity index (χ3n) is 4.01. The summed E-state index contributed by atoms with van der Waals surface area (Å²) in [5, 5.41) is 0. The van der Waals surface area contributed by atoms with Crippen LogP contribution in [0.3, 0.4) is 0 Å². The molecule has 0 aliphatic heterocycles. The summed E-state index contributed by atoms with van der Waals surface area (Å²) >= 11 is 0. The van der Waals surface area contributed by atoms with E-state index in [0.717, 1.165) is 0 Å². The van der Waals surface area contributed by atoms with E-state index >= 15 is 0 Å². The Hall–Kier alpha value is -1.04. The first-order chi connectivity index (χ1) is 9.77. The van der Waals surface area contributed by atoms with Crippen LogP contribution in [-0.4, -0.2) is 0 Å². The van der Waals surface area contributed by atoms with Gasteiger partial charge in [0.05, 0.1) is 0 Å². The SMILES string of the molecule is C/C=C/c1cc(CCCCCCCCCC)ccc1C. The highest BCUT2D eigenvalue weighted by Gasteiger charge is 1.98. The first-order valence-corrected chi connectivity index (χ1v) is 8.50. The van der Waals surface area contributed by atoms with Gasteiger partial charge in [-0.1, -0.05) is 82.2 Å². The van der Waals surface area contributed by atoms with Gasteiger partial charge in [0.25, 0.3) is 0 Å². The molecule has 0 bridgehead atoms. The Labute approximate surface area is 126 Å². The first kappa shape index (κ1) is 17.0. The molecule has 0 radical (unpaired) electrons. The molecule has 112 valence electrons. The average Bonchev–Trinajstić information content (AvgIpc) is 2.45. The molecule has 0 saturated heterocycles. The van der Waals surface area contributed by atoms with Gasteiger partial charge in [-0.05, 0) is 43.4 Å². The normalized spacial score (nSPS) is 11.3. The number of rotatable bonds is 10. The fourth-order valence-electron chi connectivity index (χ4n) is 2.67. The van der Waals surface area contributed by atoms with Crippen molar-refractivity contribution in [3.05, 3.63) is 41.0 Å². The predicted molar refractivity (Wildman–Crippen MR) is 92.2 cm³/mol. The second-order valence-electron chi connectivity index (χ2n) is 5.92. The van der Waals surface area contributed by atoms with Gasteiger partial charge in [0.2, 0.25) is 0 Å². The zero-order valence-electron chi connectivity index (χ0n) is 13.8. The van der Waals surface area contributed by atoms with Crippen molar-refractivity contribution >= 4 is 6.08 Å². The van der Waals surface area contributed by atoms with Crippen molar-refractivity contribution in [1.29, 1.82) is 0 Å². The molecule has 0 N–H and O–H groups in total. The summed E-state index contributed by atoms with van der Waals surface area (Å²) in [5.41, 5.74) is 4.25. The molecule has 0 amide bonds. The molecule has 20 heavy (non-hydrogen) atoms.